The van der Waals surface area contributed by atoms with E-state index in [0.717, 1.165) is 38.1 Å². The van der Waals surface area contributed by atoms with Crippen LogP contribution in [0.15, 0.2) is 48.5 Å². The molecule has 0 saturated carbocycles. The molecular formula is C20H21F3N2O. The first-order valence-electron chi connectivity index (χ1n) is 8.71. The van der Waals surface area contributed by atoms with Gasteiger partial charge in [0.05, 0.1) is 5.56 Å². The molecule has 6 heteroatoms. The molecule has 1 fully saturated rings. The lowest BCUT2D eigenvalue weighted by Gasteiger charge is -2.23. The van der Waals surface area contributed by atoms with E-state index in [1.54, 1.807) is 24.3 Å². The Bertz CT molecular complexity index is 750. The van der Waals surface area contributed by atoms with Crippen LogP contribution in [0.2, 0.25) is 0 Å². The van der Waals surface area contributed by atoms with Crippen LogP contribution in [0.3, 0.4) is 0 Å². The molecule has 1 aliphatic rings. The minimum atomic E-state index is -4.37. The molecule has 138 valence electrons. The highest BCUT2D eigenvalue weighted by Crippen LogP contribution is 2.31. The van der Waals surface area contributed by atoms with Crippen molar-refractivity contribution in [2.75, 3.05) is 19.6 Å². The van der Waals surface area contributed by atoms with Gasteiger partial charge in [-0.1, -0.05) is 30.3 Å². The summed E-state index contributed by atoms with van der Waals surface area (Å²) in [6, 6.07) is 11.9. The molecule has 2 aromatic carbocycles. The maximum atomic E-state index is 12.7. The fraction of sp³-hybridized carbons (Fsp3) is 0.350. The summed E-state index contributed by atoms with van der Waals surface area (Å²) in [5.41, 5.74) is 0.979. The minimum Gasteiger partial charge on any atom is -0.352 e. The van der Waals surface area contributed by atoms with Gasteiger partial charge in [0.25, 0.3) is 5.91 Å². The molecule has 2 N–H and O–H groups in total. The number of nitrogens with one attached hydrogen (secondary N) is 2. The average molecular weight is 362 g/mol. The van der Waals surface area contributed by atoms with Crippen LogP contribution in [-0.4, -0.2) is 25.5 Å². The second-order valence-corrected chi connectivity index (χ2v) is 6.54. The second-order valence-electron chi connectivity index (χ2n) is 6.54. The topological polar surface area (TPSA) is 41.1 Å². The highest BCUT2D eigenvalue weighted by atomic mass is 19.4. The van der Waals surface area contributed by atoms with Crippen molar-refractivity contribution in [3.05, 3.63) is 59.7 Å². The van der Waals surface area contributed by atoms with E-state index in [0.29, 0.717) is 29.2 Å². The number of piperidine rings is 1. The Hall–Kier alpha value is -2.34. The molecule has 1 unspecified atom stereocenters. The summed E-state index contributed by atoms with van der Waals surface area (Å²) in [4.78, 5) is 12.6. The normalized spacial score (nSPS) is 17.7. The SMILES string of the molecule is O=C(NCC1CCCNC1)c1ccccc1-c1ccc(C(F)(F)F)cc1. The molecule has 0 aliphatic carbocycles. The molecule has 1 atom stereocenters. The van der Waals surface area contributed by atoms with Crippen LogP contribution in [0, 0.1) is 5.92 Å². The first-order valence-corrected chi connectivity index (χ1v) is 8.71. The van der Waals surface area contributed by atoms with Crippen molar-refractivity contribution in [1.29, 1.82) is 0 Å². The van der Waals surface area contributed by atoms with Gasteiger partial charge >= 0.3 is 6.18 Å². The summed E-state index contributed by atoms with van der Waals surface area (Å²) in [5.74, 6) is 0.206. The van der Waals surface area contributed by atoms with Crippen LogP contribution >= 0.6 is 0 Å². The largest absolute Gasteiger partial charge is 0.416 e. The van der Waals surface area contributed by atoms with Gasteiger partial charge in [0.2, 0.25) is 0 Å². The minimum absolute atomic E-state index is 0.203. The molecule has 1 saturated heterocycles. The van der Waals surface area contributed by atoms with Crippen molar-refractivity contribution in [2.24, 2.45) is 5.92 Å². The molecule has 0 radical (unpaired) electrons. The van der Waals surface area contributed by atoms with Gasteiger partial charge in [-0.2, -0.15) is 13.2 Å². The molecule has 1 amide bonds. The standard InChI is InChI=1S/C20H21F3N2O/c21-20(22,23)16-9-7-15(8-10-16)17-5-1-2-6-18(17)19(26)25-13-14-4-3-11-24-12-14/h1-2,5-10,14,24H,3-4,11-13H2,(H,25,26). The third-order valence-electron chi connectivity index (χ3n) is 4.65. The molecule has 26 heavy (non-hydrogen) atoms. The van der Waals surface area contributed by atoms with E-state index in [1.165, 1.54) is 12.1 Å². The summed E-state index contributed by atoms with van der Waals surface area (Å²) in [5, 5.41) is 6.27. The first-order chi connectivity index (χ1) is 12.4. The Morgan fingerprint density at radius 2 is 1.85 bits per heavy atom. The predicted molar refractivity (Wildman–Crippen MR) is 94.8 cm³/mol. The van der Waals surface area contributed by atoms with Crippen LogP contribution in [-0.2, 0) is 6.18 Å². The molecule has 1 heterocycles. The van der Waals surface area contributed by atoms with E-state index in [9.17, 15) is 18.0 Å². The molecule has 1 aliphatic heterocycles. The lowest BCUT2D eigenvalue weighted by molar-refractivity contribution is -0.137. The summed E-state index contributed by atoms with van der Waals surface area (Å²) in [6.07, 6.45) is -2.19. The van der Waals surface area contributed by atoms with Gasteiger partial charge in [-0.05, 0) is 61.2 Å². The van der Waals surface area contributed by atoms with Gasteiger partial charge in [-0.3, -0.25) is 4.79 Å². The van der Waals surface area contributed by atoms with Crippen LogP contribution in [0.1, 0.15) is 28.8 Å². The Kier molecular flexibility index (Phi) is 5.61. The Balaban J connectivity index is 1.76. The first kappa shape index (κ1) is 18.5. The van der Waals surface area contributed by atoms with E-state index >= 15 is 0 Å². The van der Waals surface area contributed by atoms with Gasteiger partial charge in [-0.25, -0.2) is 0 Å². The van der Waals surface area contributed by atoms with E-state index in [1.807, 2.05) is 0 Å². The van der Waals surface area contributed by atoms with E-state index in [4.69, 9.17) is 0 Å². The highest BCUT2D eigenvalue weighted by molar-refractivity contribution is 6.00. The van der Waals surface area contributed by atoms with E-state index < -0.39 is 11.7 Å². The van der Waals surface area contributed by atoms with Gasteiger partial charge in [0.15, 0.2) is 0 Å². The lowest BCUT2D eigenvalue weighted by Crippen LogP contribution is -2.38. The third kappa shape index (κ3) is 4.43. The molecule has 2 aromatic rings. The number of amides is 1. The third-order valence-corrected chi connectivity index (χ3v) is 4.65. The zero-order valence-electron chi connectivity index (χ0n) is 14.3. The lowest BCUT2D eigenvalue weighted by atomic mass is 9.97. The zero-order chi connectivity index (χ0) is 18.6. The number of hydrogen-bond donors (Lipinski definition) is 2. The molecular weight excluding hydrogens is 341 g/mol. The fourth-order valence-electron chi connectivity index (χ4n) is 3.20. The van der Waals surface area contributed by atoms with Gasteiger partial charge in [-0.15, -0.1) is 0 Å². The quantitative estimate of drug-likeness (QED) is 0.860. The van der Waals surface area contributed by atoms with Crippen molar-refractivity contribution in [3.63, 3.8) is 0 Å². The fourth-order valence-corrected chi connectivity index (χ4v) is 3.20. The molecule has 0 bridgehead atoms. The highest BCUT2D eigenvalue weighted by Gasteiger charge is 2.30. The molecule has 0 spiro atoms. The van der Waals surface area contributed by atoms with Crippen molar-refractivity contribution in [3.8, 4) is 11.1 Å². The molecule has 3 nitrogen and oxygen atoms in total. The number of carbonyl (C=O) groups is 1. The number of rotatable bonds is 4. The van der Waals surface area contributed by atoms with Gasteiger partial charge in [0, 0.05) is 12.1 Å². The van der Waals surface area contributed by atoms with E-state index in [2.05, 4.69) is 10.6 Å². The maximum Gasteiger partial charge on any atom is 0.416 e. The van der Waals surface area contributed by atoms with Crippen LogP contribution in [0.5, 0.6) is 0 Å². The van der Waals surface area contributed by atoms with Crippen LogP contribution < -0.4 is 10.6 Å². The Labute approximate surface area is 150 Å². The Morgan fingerprint density at radius 3 is 2.50 bits per heavy atom. The van der Waals surface area contributed by atoms with Crippen LogP contribution in [0.25, 0.3) is 11.1 Å². The van der Waals surface area contributed by atoms with Crippen molar-refractivity contribution in [2.45, 2.75) is 19.0 Å². The average Bonchev–Trinajstić information content (AvgIpc) is 2.66. The van der Waals surface area contributed by atoms with Crippen molar-refractivity contribution >= 4 is 5.91 Å². The number of alkyl halides is 3. The van der Waals surface area contributed by atoms with Crippen LogP contribution in [0.4, 0.5) is 13.2 Å². The monoisotopic (exact) mass is 362 g/mol. The number of hydrogen-bond acceptors (Lipinski definition) is 2. The smallest absolute Gasteiger partial charge is 0.352 e. The van der Waals surface area contributed by atoms with Crippen molar-refractivity contribution in [1.82, 2.24) is 10.6 Å². The van der Waals surface area contributed by atoms with Gasteiger partial charge < -0.3 is 10.6 Å². The number of benzene rings is 2. The molecule has 3 rings (SSSR count). The zero-order valence-corrected chi connectivity index (χ0v) is 14.3. The van der Waals surface area contributed by atoms with Gasteiger partial charge in [0.1, 0.15) is 0 Å². The maximum absolute atomic E-state index is 12.7. The molecule has 0 aromatic heterocycles. The predicted octanol–water partition coefficient (Wildman–Crippen LogP) is 4.10. The summed E-state index contributed by atoms with van der Waals surface area (Å²) in [6.45, 7) is 2.50. The summed E-state index contributed by atoms with van der Waals surface area (Å²) < 4.78 is 38.2. The summed E-state index contributed by atoms with van der Waals surface area (Å²) in [7, 11) is 0. The number of halogens is 3. The van der Waals surface area contributed by atoms with E-state index in [-0.39, 0.29) is 5.91 Å². The van der Waals surface area contributed by atoms with Crippen molar-refractivity contribution < 1.29 is 18.0 Å². The Morgan fingerprint density at radius 1 is 1.12 bits per heavy atom. The summed E-state index contributed by atoms with van der Waals surface area (Å²) >= 11 is 0. The second kappa shape index (κ2) is 7.91. The number of carbonyl (C=O) groups excluding carboxylic acids is 1.